The fraction of sp³-hybridized carbons (Fsp3) is 0.467. The van der Waals surface area contributed by atoms with E-state index in [0.29, 0.717) is 45.6 Å². The van der Waals surface area contributed by atoms with Crippen molar-refractivity contribution in [1.29, 1.82) is 5.26 Å². The number of nitriles is 1. The molecule has 3 unspecified atom stereocenters. The van der Waals surface area contributed by atoms with Gasteiger partial charge in [-0.2, -0.15) is 23.5 Å². The van der Waals surface area contributed by atoms with Gasteiger partial charge in [0, 0.05) is 28.5 Å². The molecule has 45 heavy (non-hydrogen) atoms. The van der Waals surface area contributed by atoms with Crippen molar-refractivity contribution in [2.45, 2.75) is 76.7 Å². The first kappa shape index (κ1) is 34.1. The lowest BCUT2D eigenvalue weighted by Crippen LogP contribution is -2.44. The molecule has 1 aliphatic carbocycles. The Morgan fingerprint density at radius 3 is 2.56 bits per heavy atom. The first-order valence-electron chi connectivity index (χ1n) is 14.3. The second-order valence-corrected chi connectivity index (χ2v) is 12.0. The van der Waals surface area contributed by atoms with Crippen LogP contribution in [-0.2, 0) is 9.59 Å². The normalized spacial score (nSPS) is 21.0. The average molecular weight is 668 g/mol. The van der Waals surface area contributed by atoms with Crippen LogP contribution in [0.4, 0.5) is 13.2 Å². The van der Waals surface area contributed by atoms with Crippen LogP contribution < -0.4 is 0 Å². The van der Waals surface area contributed by atoms with Crippen molar-refractivity contribution in [3.8, 4) is 6.07 Å². The van der Waals surface area contributed by atoms with Crippen LogP contribution in [0, 0.1) is 17.2 Å². The number of carboxylic acid groups (broad SMARTS) is 2. The third-order valence-corrected chi connectivity index (χ3v) is 8.77. The van der Waals surface area contributed by atoms with Crippen LogP contribution in [0.15, 0.2) is 30.5 Å². The number of rotatable bonds is 7. The minimum absolute atomic E-state index is 0.219. The molecule has 0 saturated carbocycles. The Balaban J connectivity index is 0.000000591. The number of allylic oxidation sites excluding steroid dienone is 1. The van der Waals surface area contributed by atoms with Crippen LogP contribution in [0.2, 0.25) is 10.0 Å². The van der Waals surface area contributed by atoms with Crippen molar-refractivity contribution in [1.82, 2.24) is 24.6 Å². The Labute approximate surface area is 267 Å². The van der Waals surface area contributed by atoms with Crippen molar-refractivity contribution < 1.29 is 33.0 Å². The fourth-order valence-corrected chi connectivity index (χ4v) is 6.57. The number of nitrogens with zero attached hydrogens (tertiary/aromatic N) is 6. The highest BCUT2D eigenvalue weighted by Gasteiger charge is 2.38. The van der Waals surface area contributed by atoms with Crippen LogP contribution in [0.25, 0.3) is 16.7 Å². The Kier molecular flexibility index (Phi) is 10.7. The van der Waals surface area contributed by atoms with E-state index >= 15 is 0 Å². The van der Waals surface area contributed by atoms with Crippen LogP contribution in [0.3, 0.4) is 0 Å². The summed E-state index contributed by atoms with van der Waals surface area (Å²) in [5.74, 6) is -3.09. The molecule has 0 spiro atoms. The van der Waals surface area contributed by atoms with E-state index < -0.39 is 18.1 Å². The topological polar surface area (TPSA) is 145 Å². The second kappa shape index (κ2) is 14.1. The van der Waals surface area contributed by atoms with Gasteiger partial charge in [0.2, 0.25) is 0 Å². The van der Waals surface area contributed by atoms with Crippen LogP contribution in [0.1, 0.15) is 75.4 Å². The maximum Gasteiger partial charge on any atom is 0.490 e. The number of halogens is 5. The van der Waals surface area contributed by atoms with Gasteiger partial charge in [-0.05, 0) is 74.8 Å². The molecule has 2 aliphatic rings. The van der Waals surface area contributed by atoms with Gasteiger partial charge in [0.1, 0.15) is 11.6 Å². The summed E-state index contributed by atoms with van der Waals surface area (Å²) in [6.45, 7) is 5.24. The molecule has 1 aliphatic heterocycles. The predicted molar refractivity (Wildman–Crippen MR) is 161 cm³/mol. The van der Waals surface area contributed by atoms with Crippen LogP contribution >= 0.6 is 23.2 Å². The zero-order valence-corrected chi connectivity index (χ0v) is 25.9. The predicted octanol–water partition coefficient (Wildman–Crippen LogP) is 6.76. The summed E-state index contributed by atoms with van der Waals surface area (Å²) in [5, 5.41) is 31.5. The zero-order chi connectivity index (χ0) is 33.1. The van der Waals surface area contributed by atoms with Gasteiger partial charge in [-0.15, -0.1) is 0 Å². The third kappa shape index (κ3) is 7.92. The molecule has 1 fully saturated rings. The molecule has 1 saturated heterocycles. The van der Waals surface area contributed by atoms with E-state index in [-0.39, 0.29) is 18.2 Å². The summed E-state index contributed by atoms with van der Waals surface area (Å²) in [7, 11) is 0. The third-order valence-electron chi connectivity index (χ3n) is 8.20. The summed E-state index contributed by atoms with van der Waals surface area (Å²) < 4.78 is 33.5. The van der Waals surface area contributed by atoms with Crippen molar-refractivity contribution in [2.24, 2.45) is 5.92 Å². The van der Waals surface area contributed by atoms with Gasteiger partial charge in [0.25, 0.3) is 0 Å². The SMILES string of the molecule is CC1CC(c2cnc3c(C#N)nn(C(C)c4ccc(Cl)cc4Cl)c3n2)=CCC1N1CCC[C@H]1CCC(=O)O.O=C(O)C(F)(F)F. The van der Waals surface area contributed by atoms with E-state index in [9.17, 15) is 23.2 Å². The molecule has 15 heteroatoms. The molecular weight excluding hydrogens is 636 g/mol. The summed E-state index contributed by atoms with van der Waals surface area (Å²) in [4.78, 5) is 32.1. The first-order chi connectivity index (χ1) is 21.2. The number of hydrogen-bond acceptors (Lipinski definition) is 7. The number of hydrogen-bond donors (Lipinski definition) is 2. The van der Waals surface area contributed by atoms with Gasteiger partial charge in [-0.3, -0.25) is 9.69 Å². The molecule has 2 N–H and O–H groups in total. The number of aliphatic carboxylic acids is 2. The molecule has 0 bridgehead atoms. The summed E-state index contributed by atoms with van der Waals surface area (Å²) >= 11 is 12.6. The van der Waals surface area contributed by atoms with Crippen LogP contribution in [-0.4, -0.2) is 71.6 Å². The van der Waals surface area contributed by atoms with Gasteiger partial charge in [0.05, 0.1) is 17.9 Å². The minimum Gasteiger partial charge on any atom is -0.481 e. The van der Waals surface area contributed by atoms with E-state index in [4.69, 9.17) is 43.2 Å². The molecule has 4 atom stereocenters. The van der Waals surface area contributed by atoms with Crippen LogP contribution in [0.5, 0.6) is 0 Å². The number of carbonyl (C=O) groups is 2. The lowest BCUT2D eigenvalue weighted by atomic mass is 9.83. The van der Waals surface area contributed by atoms with E-state index in [0.717, 1.165) is 49.1 Å². The maximum absolute atomic E-state index is 11.1. The number of likely N-dealkylation sites (tertiary alicyclic amines) is 1. The molecule has 10 nitrogen and oxygen atoms in total. The minimum atomic E-state index is -5.08. The molecule has 240 valence electrons. The largest absolute Gasteiger partial charge is 0.490 e. The molecule has 3 heterocycles. The van der Waals surface area contributed by atoms with Gasteiger partial charge in [-0.25, -0.2) is 19.4 Å². The monoisotopic (exact) mass is 666 g/mol. The Hall–Kier alpha value is -3.73. The lowest BCUT2D eigenvalue weighted by Gasteiger charge is -2.39. The Bertz CT molecular complexity index is 1650. The van der Waals surface area contributed by atoms with Gasteiger partial charge < -0.3 is 10.2 Å². The smallest absolute Gasteiger partial charge is 0.481 e. The summed E-state index contributed by atoms with van der Waals surface area (Å²) in [6, 6.07) is 7.92. The molecule has 0 amide bonds. The molecule has 3 aromatic rings. The summed E-state index contributed by atoms with van der Waals surface area (Å²) in [5.41, 5.74) is 3.98. The number of alkyl halides is 3. The number of aromatic nitrogens is 4. The number of benzene rings is 1. The van der Waals surface area contributed by atoms with Crippen molar-refractivity contribution >= 4 is 51.9 Å². The average Bonchev–Trinajstić information content (AvgIpc) is 3.59. The quantitative estimate of drug-likeness (QED) is 0.279. The molecule has 0 radical (unpaired) electrons. The number of carboxylic acids is 2. The zero-order valence-electron chi connectivity index (χ0n) is 24.4. The Morgan fingerprint density at radius 1 is 1.24 bits per heavy atom. The van der Waals surface area contributed by atoms with Gasteiger partial charge >= 0.3 is 18.1 Å². The van der Waals surface area contributed by atoms with Crippen molar-refractivity contribution in [3.63, 3.8) is 0 Å². The fourth-order valence-electron chi connectivity index (χ4n) is 6.01. The number of fused-ring (bicyclic) bond motifs is 1. The van der Waals surface area contributed by atoms with E-state index in [2.05, 4.69) is 34.1 Å². The first-order valence-corrected chi connectivity index (χ1v) is 15.0. The standard InChI is InChI=1S/C28H30Cl2N6O2.C2HF3O2/c1-16-12-18(5-9-25(16)35-11-3-4-20(35)7-10-26(37)38)24-15-32-27-23(14-31)34-36(28(27)33-24)17(2)21-8-6-19(29)13-22(21)30;3-2(4,5)1(6)7/h5-6,8,13,15-17,20,25H,3-4,7,9-12H2,1-2H3,(H,37,38);(H,6,7)/t16?,17?,20-,25?;/m0./s1. The Morgan fingerprint density at radius 2 is 1.96 bits per heavy atom. The van der Waals surface area contributed by atoms with Crippen molar-refractivity contribution in [3.05, 3.63) is 57.5 Å². The second-order valence-electron chi connectivity index (χ2n) is 11.2. The van der Waals surface area contributed by atoms with Gasteiger partial charge in [0.15, 0.2) is 11.3 Å². The van der Waals surface area contributed by atoms with E-state index in [1.54, 1.807) is 23.0 Å². The highest BCUT2D eigenvalue weighted by molar-refractivity contribution is 6.35. The molecule has 5 rings (SSSR count). The van der Waals surface area contributed by atoms with Gasteiger partial charge in [-0.1, -0.05) is 42.3 Å². The van der Waals surface area contributed by atoms with E-state index in [1.165, 1.54) is 0 Å². The molecular formula is C30H31Cl2F3N6O4. The summed E-state index contributed by atoms with van der Waals surface area (Å²) in [6.07, 6.45) is 3.75. The molecule has 2 aromatic heterocycles. The maximum atomic E-state index is 11.1. The highest BCUT2D eigenvalue weighted by Crippen LogP contribution is 2.37. The van der Waals surface area contributed by atoms with E-state index in [1.807, 2.05) is 13.0 Å². The highest BCUT2D eigenvalue weighted by atomic mass is 35.5. The molecule has 1 aromatic carbocycles. The van der Waals surface area contributed by atoms with Crippen molar-refractivity contribution in [2.75, 3.05) is 6.54 Å². The lowest BCUT2D eigenvalue weighted by molar-refractivity contribution is -0.192.